The molecular weight excluding hydrogens is 392 g/mol. The first-order chi connectivity index (χ1) is 14.3. The van der Waals surface area contributed by atoms with E-state index < -0.39 is 8.32 Å². The van der Waals surface area contributed by atoms with Gasteiger partial charge in [0.1, 0.15) is 0 Å². The fourth-order valence-electron chi connectivity index (χ4n) is 4.55. The quantitative estimate of drug-likeness (QED) is 0.492. The van der Waals surface area contributed by atoms with Crippen LogP contribution in [0.25, 0.3) is 0 Å². The van der Waals surface area contributed by atoms with E-state index >= 15 is 0 Å². The van der Waals surface area contributed by atoms with E-state index in [-0.39, 0.29) is 35.6 Å². The molecule has 1 unspecified atom stereocenters. The van der Waals surface area contributed by atoms with Gasteiger partial charge in [-0.2, -0.15) is 0 Å². The van der Waals surface area contributed by atoms with Crippen molar-refractivity contribution in [2.75, 3.05) is 13.2 Å². The highest BCUT2D eigenvalue weighted by Crippen LogP contribution is 2.47. The van der Waals surface area contributed by atoms with Gasteiger partial charge in [0.15, 0.2) is 0 Å². The molecule has 0 aliphatic heterocycles. The summed E-state index contributed by atoms with van der Waals surface area (Å²) in [4.78, 5) is 12.3. The van der Waals surface area contributed by atoms with Crippen molar-refractivity contribution in [3.8, 4) is 0 Å². The first-order valence-corrected chi connectivity index (χ1v) is 12.8. The van der Waals surface area contributed by atoms with Crippen LogP contribution in [0.2, 0.25) is 5.04 Å². The van der Waals surface area contributed by atoms with Gasteiger partial charge in [-0.05, 0) is 41.1 Å². The summed E-state index contributed by atoms with van der Waals surface area (Å²) in [6.45, 7) is 8.98. The van der Waals surface area contributed by atoms with E-state index in [0.29, 0.717) is 13.0 Å². The molecule has 4 nitrogen and oxygen atoms in total. The zero-order valence-corrected chi connectivity index (χ0v) is 19.5. The van der Waals surface area contributed by atoms with Crippen LogP contribution in [-0.4, -0.2) is 38.7 Å². The number of carbonyl (C=O) groups excluding carboxylic acids is 1. The zero-order valence-electron chi connectivity index (χ0n) is 18.5. The molecule has 1 fully saturated rings. The van der Waals surface area contributed by atoms with Crippen LogP contribution in [-0.2, 0) is 14.0 Å². The summed E-state index contributed by atoms with van der Waals surface area (Å²) in [7, 11) is -2.72. The maximum Gasteiger partial charge on any atom is 0.309 e. The zero-order chi connectivity index (χ0) is 21.8. The Bertz CT molecular complexity index is 777. The number of hydrogen-bond acceptors (Lipinski definition) is 4. The Kier molecular flexibility index (Phi) is 7.16. The summed E-state index contributed by atoms with van der Waals surface area (Å²) < 4.78 is 12.4. The van der Waals surface area contributed by atoms with Gasteiger partial charge < -0.3 is 14.3 Å². The molecule has 0 aromatic heterocycles. The SMILES string of the molecule is CCOC(=O)[C@H]1C[C@@H]1C(CCO)O[Si](c1ccccc1)(c1ccccc1)C(C)(C)C. The standard InChI is InChI=1S/C25H34O4Si/c1-5-28-24(27)22-18-21(22)23(16-17-26)29-30(25(2,3)4,19-12-8-6-9-13-19)20-14-10-7-11-15-20/h6-15,21-23,26H,5,16-18H2,1-4H3/t21-,22-,23?/m0/s1. The third kappa shape index (κ3) is 4.53. The van der Waals surface area contributed by atoms with E-state index in [0.717, 1.165) is 6.42 Å². The summed E-state index contributed by atoms with van der Waals surface area (Å²) in [6, 6.07) is 21.0. The van der Waals surface area contributed by atoms with Crippen molar-refractivity contribution in [1.29, 1.82) is 0 Å². The van der Waals surface area contributed by atoms with Crippen LogP contribution in [0.1, 0.15) is 40.5 Å². The van der Waals surface area contributed by atoms with E-state index in [1.54, 1.807) is 0 Å². The molecule has 1 N–H and O–H groups in total. The third-order valence-electron chi connectivity index (χ3n) is 6.07. The van der Waals surface area contributed by atoms with Crippen molar-refractivity contribution >= 4 is 24.7 Å². The second-order valence-corrected chi connectivity index (χ2v) is 13.3. The molecule has 0 amide bonds. The summed E-state index contributed by atoms with van der Waals surface area (Å²) in [5.41, 5.74) is 0. The average Bonchev–Trinajstić information content (AvgIpc) is 3.53. The number of ether oxygens (including phenoxy) is 1. The number of aliphatic hydroxyl groups is 1. The summed E-state index contributed by atoms with van der Waals surface area (Å²) in [6.07, 6.45) is 1.10. The lowest BCUT2D eigenvalue weighted by molar-refractivity contribution is -0.145. The van der Waals surface area contributed by atoms with Crippen molar-refractivity contribution in [2.24, 2.45) is 11.8 Å². The van der Waals surface area contributed by atoms with Gasteiger partial charge in [-0.15, -0.1) is 0 Å². The van der Waals surface area contributed by atoms with E-state index in [9.17, 15) is 9.90 Å². The molecule has 0 saturated heterocycles. The van der Waals surface area contributed by atoms with Crippen molar-refractivity contribution in [3.05, 3.63) is 60.7 Å². The molecule has 5 heteroatoms. The minimum atomic E-state index is -2.72. The number of hydrogen-bond donors (Lipinski definition) is 1. The van der Waals surface area contributed by atoms with Gasteiger partial charge in [0.05, 0.1) is 18.6 Å². The van der Waals surface area contributed by atoms with Crippen molar-refractivity contribution in [2.45, 2.75) is 51.7 Å². The predicted octanol–water partition coefficient (Wildman–Crippen LogP) is 3.51. The van der Waals surface area contributed by atoms with Gasteiger partial charge in [0, 0.05) is 6.61 Å². The predicted molar refractivity (Wildman–Crippen MR) is 122 cm³/mol. The largest absolute Gasteiger partial charge is 0.466 e. The Morgan fingerprint density at radius 2 is 1.60 bits per heavy atom. The highest BCUT2D eigenvalue weighted by Gasteiger charge is 2.56. The first-order valence-electron chi connectivity index (χ1n) is 10.9. The number of benzene rings is 2. The normalized spacial score (nSPS) is 19.9. The van der Waals surface area contributed by atoms with E-state index in [2.05, 4.69) is 69.3 Å². The van der Waals surface area contributed by atoms with Gasteiger partial charge in [0.2, 0.25) is 0 Å². The van der Waals surface area contributed by atoms with E-state index in [1.807, 2.05) is 19.1 Å². The molecule has 0 spiro atoms. The maximum absolute atomic E-state index is 12.3. The first kappa shape index (κ1) is 22.7. The Hall–Kier alpha value is -1.95. The molecule has 2 aromatic rings. The van der Waals surface area contributed by atoms with Gasteiger partial charge in [0.25, 0.3) is 8.32 Å². The van der Waals surface area contributed by atoms with E-state index in [1.165, 1.54) is 10.4 Å². The molecule has 0 bridgehead atoms. The van der Waals surface area contributed by atoms with Gasteiger partial charge in [-0.1, -0.05) is 81.4 Å². The van der Waals surface area contributed by atoms with Gasteiger partial charge in [-0.25, -0.2) is 0 Å². The molecule has 0 heterocycles. The van der Waals surface area contributed by atoms with Crippen LogP contribution in [0.5, 0.6) is 0 Å². The second-order valence-electron chi connectivity index (χ2n) is 9.09. The number of rotatable bonds is 9. The van der Waals surface area contributed by atoms with Crippen LogP contribution in [0, 0.1) is 11.8 Å². The molecule has 30 heavy (non-hydrogen) atoms. The highest BCUT2D eigenvalue weighted by molar-refractivity contribution is 6.99. The van der Waals surface area contributed by atoms with Crippen LogP contribution in [0.4, 0.5) is 0 Å². The highest BCUT2D eigenvalue weighted by atomic mass is 28.4. The minimum Gasteiger partial charge on any atom is -0.466 e. The third-order valence-corrected chi connectivity index (χ3v) is 11.1. The Morgan fingerprint density at radius 3 is 2.03 bits per heavy atom. The lowest BCUT2D eigenvalue weighted by atomic mass is 10.1. The molecule has 0 radical (unpaired) electrons. The summed E-state index contributed by atoms with van der Waals surface area (Å²) in [5, 5.41) is 12.1. The van der Waals surface area contributed by atoms with Crippen LogP contribution >= 0.6 is 0 Å². The maximum atomic E-state index is 12.3. The number of aliphatic hydroxyl groups excluding tert-OH is 1. The number of carbonyl (C=O) groups is 1. The fourth-order valence-corrected chi connectivity index (χ4v) is 9.31. The van der Waals surface area contributed by atoms with Gasteiger partial charge in [-0.3, -0.25) is 4.79 Å². The molecule has 3 rings (SSSR count). The smallest absolute Gasteiger partial charge is 0.309 e. The molecule has 162 valence electrons. The molecule has 2 aromatic carbocycles. The van der Waals surface area contributed by atoms with E-state index in [4.69, 9.17) is 9.16 Å². The fraction of sp³-hybridized carbons (Fsp3) is 0.480. The molecule has 1 aliphatic rings. The Morgan fingerprint density at radius 1 is 1.07 bits per heavy atom. The topological polar surface area (TPSA) is 55.8 Å². The van der Waals surface area contributed by atoms with Crippen LogP contribution < -0.4 is 10.4 Å². The molecule has 1 aliphatic carbocycles. The van der Waals surface area contributed by atoms with Crippen LogP contribution in [0.15, 0.2) is 60.7 Å². The summed E-state index contributed by atoms with van der Waals surface area (Å²) >= 11 is 0. The van der Waals surface area contributed by atoms with Crippen molar-refractivity contribution < 1.29 is 19.1 Å². The average molecular weight is 427 g/mol. The van der Waals surface area contributed by atoms with Gasteiger partial charge >= 0.3 is 5.97 Å². The Labute approximate surface area is 181 Å². The van der Waals surface area contributed by atoms with Crippen molar-refractivity contribution in [3.63, 3.8) is 0 Å². The number of esters is 1. The van der Waals surface area contributed by atoms with Crippen molar-refractivity contribution in [1.82, 2.24) is 0 Å². The minimum absolute atomic E-state index is 0.0366. The summed E-state index contributed by atoms with van der Waals surface area (Å²) in [5.74, 6) is -0.172. The monoisotopic (exact) mass is 426 g/mol. The second kappa shape index (κ2) is 9.46. The lowest BCUT2D eigenvalue weighted by Crippen LogP contribution is -2.68. The lowest BCUT2D eigenvalue weighted by Gasteiger charge is -2.45. The molecule has 3 atom stereocenters. The molecular formula is C25H34O4Si. The molecule has 1 saturated carbocycles. The van der Waals surface area contributed by atoms with Crippen LogP contribution in [0.3, 0.4) is 0 Å². The Balaban J connectivity index is 2.04.